The minimum absolute atomic E-state index is 0.106. The minimum Gasteiger partial charge on any atom is -0.335 e. The first-order valence-electron chi connectivity index (χ1n) is 6.68. The average Bonchev–Trinajstić information content (AvgIpc) is 2.71. The predicted octanol–water partition coefficient (Wildman–Crippen LogP) is 1.24. The van der Waals surface area contributed by atoms with Gasteiger partial charge in [-0.15, -0.1) is 0 Å². The fraction of sp³-hybridized carbons (Fsp3) is 0.692. The van der Waals surface area contributed by atoms with Crippen LogP contribution in [-0.2, 0) is 0 Å². The molecule has 1 aromatic heterocycles. The van der Waals surface area contributed by atoms with Gasteiger partial charge in [0.25, 0.3) is 5.91 Å². The van der Waals surface area contributed by atoms with Crippen molar-refractivity contribution in [3.05, 3.63) is 17.0 Å². The molecule has 18 heavy (non-hydrogen) atoms. The zero-order valence-electron chi connectivity index (χ0n) is 11.4. The summed E-state index contributed by atoms with van der Waals surface area (Å²) in [4.78, 5) is 14.6. The van der Waals surface area contributed by atoms with Gasteiger partial charge in [0.15, 0.2) is 0 Å². The summed E-state index contributed by atoms with van der Waals surface area (Å²) in [7, 11) is 0. The lowest BCUT2D eigenvalue weighted by Gasteiger charge is -2.34. The van der Waals surface area contributed by atoms with Gasteiger partial charge in [0.1, 0.15) is 0 Å². The van der Waals surface area contributed by atoms with Crippen LogP contribution in [0.15, 0.2) is 0 Å². The number of nitrogens with one attached hydrogen (secondary N) is 2. The molecule has 0 spiro atoms. The Morgan fingerprint density at radius 2 is 2.28 bits per heavy atom. The quantitative estimate of drug-likeness (QED) is 0.848. The fourth-order valence-electron chi connectivity index (χ4n) is 2.68. The maximum atomic E-state index is 12.6. The van der Waals surface area contributed by atoms with Crippen molar-refractivity contribution in [1.29, 1.82) is 0 Å². The number of piperidine rings is 1. The van der Waals surface area contributed by atoms with E-state index in [1.54, 1.807) is 0 Å². The first-order chi connectivity index (χ1) is 8.65. The Kier molecular flexibility index (Phi) is 4.01. The highest BCUT2D eigenvalue weighted by Crippen LogP contribution is 2.17. The van der Waals surface area contributed by atoms with E-state index < -0.39 is 0 Å². The third kappa shape index (κ3) is 2.41. The molecule has 1 aliphatic rings. The van der Waals surface area contributed by atoms with Crippen LogP contribution in [0.4, 0.5) is 0 Å². The number of hydrogen-bond donors (Lipinski definition) is 2. The standard InChI is InChI=1S/C13H22N4O/c1-4-17(11-6-5-7-14-8-11)13(18)12-9(2)15-16-10(12)3/h11,14H,4-8H2,1-3H3,(H,15,16). The van der Waals surface area contributed by atoms with Crippen LogP contribution < -0.4 is 5.32 Å². The second-order valence-electron chi connectivity index (χ2n) is 4.90. The number of rotatable bonds is 3. The van der Waals surface area contributed by atoms with Gasteiger partial charge in [-0.2, -0.15) is 5.10 Å². The predicted molar refractivity (Wildman–Crippen MR) is 70.7 cm³/mol. The zero-order valence-corrected chi connectivity index (χ0v) is 11.4. The monoisotopic (exact) mass is 250 g/mol. The summed E-state index contributed by atoms with van der Waals surface area (Å²) in [6, 6.07) is 0.310. The number of nitrogens with zero attached hydrogens (tertiary/aromatic N) is 2. The van der Waals surface area contributed by atoms with E-state index in [0.29, 0.717) is 6.04 Å². The van der Waals surface area contributed by atoms with Crippen molar-refractivity contribution in [3.63, 3.8) is 0 Å². The van der Waals surface area contributed by atoms with Gasteiger partial charge in [0, 0.05) is 24.8 Å². The van der Waals surface area contributed by atoms with Gasteiger partial charge in [-0.25, -0.2) is 0 Å². The molecule has 0 bridgehead atoms. The molecule has 2 rings (SSSR count). The molecule has 1 saturated heterocycles. The van der Waals surface area contributed by atoms with Gasteiger partial charge < -0.3 is 10.2 Å². The van der Waals surface area contributed by atoms with Crippen molar-refractivity contribution in [2.24, 2.45) is 0 Å². The highest BCUT2D eigenvalue weighted by molar-refractivity contribution is 5.96. The van der Waals surface area contributed by atoms with E-state index in [2.05, 4.69) is 15.5 Å². The number of aryl methyl sites for hydroxylation is 2. The molecule has 1 atom stereocenters. The molecule has 0 radical (unpaired) electrons. The Morgan fingerprint density at radius 3 is 2.78 bits per heavy atom. The van der Waals surface area contributed by atoms with E-state index in [1.165, 1.54) is 0 Å². The summed E-state index contributed by atoms with van der Waals surface area (Å²) in [5.74, 6) is 0.106. The van der Waals surface area contributed by atoms with Crippen molar-refractivity contribution in [2.45, 2.75) is 39.7 Å². The fourth-order valence-corrected chi connectivity index (χ4v) is 2.68. The van der Waals surface area contributed by atoms with E-state index in [-0.39, 0.29) is 5.91 Å². The second kappa shape index (κ2) is 5.52. The first-order valence-corrected chi connectivity index (χ1v) is 6.68. The average molecular weight is 250 g/mol. The molecule has 1 aliphatic heterocycles. The SMILES string of the molecule is CCN(C(=O)c1c(C)n[nH]c1C)C1CCCNC1. The molecule has 0 aliphatic carbocycles. The summed E-state index contributed by atoms with van der Waals surface area (Å²) in [5, 5.41) is 10.4. The molecular formula is C13H22N4O. The van der Waals surface area contributed by atoms with Crippen molar-refractivity contribution in [1.82, 2.24) is 20.4 Å². The molecule has 5 nitrogen and oxygen atoms in total. The number of hydrogen-bond acceptors (Lipinski definition) is 3. The zero-order chi connectivity index (χ0) is 13.1. The van der Waals surface area contributed by atoms with Crippen molar-refractivity contribution in [2.75, 3.05) is 19.6 Å². The smallest absolute Gasteiger partial charge is 0.257 e. The molecule has 0 aromatic carbocycles. The summed E-state index contributed by atoms with van der Waals surface area (Å²) in [6.45, 7) is 8.53. The van der Waals surface area contributed by atoms with Gasteiger partial charge in [-0.3, -0.25) is 9.89 Å². The first kappa shape index (κ1) is 13.1. The molecule has 1 fully saturated rings. The number of aromatic nitrogens is 2. The highest BCUT2D eigenvalue weighted by Gasteiger charge is 2.27. The molecule has 2 heterocycles. The minimum atomic E-state index is 0.106. The van der Waals surface area contributed by atoms with Crippen LogP contribution in [-0.4, -0.2) is 46.7 Å². The third-order valence-electron chi connectivity index (χ3n) is 3.66. The van der Waals surface area contributed by atoms with Gasteiger partial charge in [0.05, 0.1) is 11.3 Å². The number of carbonyl (C=O) groups excluding carboxylic acids is 1. The van der Waals surface area contributed by atoms with E-state index in [1.807, 2.05) is 25.7 Å². The number of H-pyrrole nitrogens is 1. The Morgan fingerprint density at radius 1 is 1.50 bits per heavy atom. The molecule has 1 amide bonds. The van der Waals surface area contributed by atoms with Crippen LogP contribution in [0.1, 0.15) is 41.5 Å². The Labute approximate surface area is 108 Å². The van der Waals surface area contributed by atoms with E-state index in [9.17, 15) is 4.79 Å². The van der Waals surface area contributed by atoms with Crippen LogP contribution in [0.3, 0.4) is 0 Å². The molecule has 1 aromatic rings. The van der Waals surface area contributed by atoms with Crippen LogP contribution >= 0.6 is 0 Å². The van der Waals surface area contributed by atoms with E-state index in [4.69, 9.17) is 0 Å². The summed E-state index contributed by atoms with van der Waals surface area (Å²) in [5.41, 5.74) is 2.39. The van der Waals surface area contributed by atoms with Crippen LogP contribution in [0.2, 0.25) is 0 Å². The number of aromatic amines is 1. The van der Waals surface area contributed by atoms with Crippen molar-refractivity contribution >= 4 is 5.91 Å². The number of carbonyl (C=O) groups is 1. The Hall–Kier alpha value is -1.36. The van der Waals surface area contributed by atoms with Crippen molar-refractivity contribution < 1.29 is 4.79 Å². The molecule has 100 valence electrons. The topological polar surface area (TPSA) is 61.0 Å². The lowest BCUT2D eigenvalue weighted by molar-refractivity contribution is 0.0660. The van der Waals surface area contributed by atoms with Gasteiger partial charge in [0.2, 0.25) is 0 Å². The van der Waals surface area contributed by atoms with E-state index in [0.717, 1.165) is 49.4 Å². The maximum Gasteiger partial charge on any atom is 0.257 e. The Balaban J connectivity index is 2.19. The lowest BCUT2D eigenvalue weighted by Crippen LogP contribution is -2.48. The summed E-state index contributed by atoms with van der Waals surface area (Å²) < 4.78 is 0. The molecule has 1 unspecified atom stereocenters. The van der Waals surface area contributed by atoms with Gasteiger partial charge >= 0.3 is 0 Å². The summed E-state index contributed by atoms with van der Waals surface area (Å²) >= 11 is 0. The Bertz CT molecular complexity index is 401. The third-order valence-corrected chi connectivity index (χ3v) is 3.66. The maximum absolute atomic E-state index is 12.6. The van der Waals surface area contributed by atoms with Gasteiger partial charge in [-0.05, 0) is 40.2 Å². The summed E-state index contributed by atoms with van der Waals surface area (Å²) in [6.07, 6.45) is 2.22. The number of likely N-dealkylation sites (N-methyl/N-ethyl adjacent to an activating group) is 1. The van der Waals surface area contributed by atoms with Crippen LogP contribution in [0, 0.1) is 13.8 Å². The van der Waals surface area contributed by atoms with Crippen LogP contribution in [0.25, 0.3) is 0 Å². The van der Waals surface area contributed by atoms with Crippen molar-refractivity contribution in [3.8, 4) is 0 Å². The lowest BCUT2D eigenvalue weighted by atomic mass is 10.0. The largest absolute Gasteiger partial charge is 0.335 e. The highest BCUT2D eigenvalue weighted by atomic mass is 16.2. The molecular weight excluding hydrogens is 228 g/mol. The normalized spacial score (nSPS) is 19.8. The second-order valence-corrected chi connectivity index (χ2v) is 4.90. The molecule has 5 heteroatoms. The van der Waals surface area contributed by atoms with Crippen LogP contribution in [0.5, 0.6) is 0 Å². The molecule has 0 saturated carbocycles. The van der Waals surface area contributed by atoms with E-state index >= 15 is 0 Å². The van der Waals surface area contributed by atoms with Gasteiger partial charge in [-0.1, -0.05) is 0 Å². The molecule has 2 N–H and O–H groups in total. The number of amides is 1.